The largest absolute Gasteiger partial charge is 0.391 e. The number of nitrogens with one attached hydrogen (secondary N) is 2. The van der Waals surface area contributed by atoms with Gasteiger partial charge in [0.1, 0.15) is 11.5 Å². The summed E-state index contributed by atoms with van der Waals surface area (Å²) in [6.45, 7) is 0. The lowest BCUT2D eigenvalue weighted by atomic mass is 9.76. The van der Waals surface area contributed by atoms with Crippen molar-refractivity contribution in [3.8, 4) is 0 Å². The van der Waals surface area contributed by atoms with Crippen LogP contribution in [0.5, 0.6) is 0 Å². The molecule has 1 fully saturated rings. The highest BCUT2D eigenvalue weighted by molar-refractivity contribution is 5.94. The third-order valence-electron chi connectivity index (χ3n) is 7.02. The van der Waals surface area contributed by atoms with Crippen molar-refractivity contribution in [3.63, 3.8) is 0 Å². The number of amides is 2. The lowest BCUT2D eigenvalue weighted by molar-refractivity contribution is -0.137. The van der Waals surface area contributed by atoms with E-state index in [0.717, 1.165) is 32.1 Å². The Morgan fingerprint density at radius 1 is 1.03 bits per heavy atom. The molecule has 1 aliphatic carbocycles. The van der Waals surface area contributed by atoms with Gasteiger partial charge in [-0.3, -0.25) is 19.8 Å². The monoisotopic (exact) mass is 494 g/mol. The molecule has 1 aliphatic rings. The van der Waals surface area contributed by atoms with Crippen molar-refractivity contribution < 1.29 is 24.3 Å². The minimum Gasteiger partial charge on any atom is -0.391 e. The van der Waals surface area contributed by atoms with E-state index in [0.29, 0.717) is 16.6 Å². The number of halogens is 1. The molecule has 2 amide bonds. The summed E-state index contributed by atoms with van der Waals surface area (Å²) in [6.07, 6.45) is 4.89. The summed E-state index contributed by atoms with van der Waals surface area (Å²) >= 11 is 0. The summed E-state index contributed by atoms with van der Waals surface area (Å²) in [5, 5.41) is 23.3. The first-order valence-electron chi connectivity index (χ1n) is 12.3. The van der Waals surface area contributed by atoms with Gasteiger partial charge in [0.25, 0.3) is 5.91 Å². The summed E-state index contributed by atoms with van der Waals surface area (Å²) in [5.41, 5.74) is 3.32. The summed E-state index contributed by atoms with van der Waals surface area (Å²) < 4.78 is 14.5. The number of benzene rings is 2. The van der Waals surface area contributed by atoms with Gasteiger partial charge in [-0.05, 0) is 55.4 Å². The summed E-state index contributed by atoms with van der Waals surface area (Å²) in [5.74, 6) is -2.19. The highest BCUT2D eigenvalue weighted by Crippen LogP contribution is 2.33. The molecule has 9 heteroatoms. The number of carbonyl (C=O) groups is 2. The first-order chi connectivity index (χ1) is 17.5. The van der Waals surface area contributed by atoms with Crippen molar-refractivity contribution >= 4 is 22.8 Å². The number of aromatic nitrogens is 2. The van der Waals surface area contributed by atoms with Gasteiger partial charge in [-0.2, -0.15) is 0 Å². The van der Waals surface area contributed by atoms with Crippen molar-refractivity contribution in [1.29, 1.82) is 0 Å². The maximum absolute atomic E-state index is 14.5. The van der Waals surface area contributed by atoms with Gasteiger partial charge in [-0.25, -0.2) is 14.9 Å². The molecule has 3 atom stereocenters. The fourth-order valence-electron chi connectivity index (χ4n) is 5.05. The summed E-state index contributed by atoms with van der Waals surface area (Å²) in [6, 6.07) is 12.4. The van der Waals surface area contributed by atoms with E-state index in [-0.39, 0.29) is 24.5 Å². The van der Waals surface area contributed by atoms with Gasteiger partial charge >= 0.3 is 0 Å². The van der Waals surface area contributed by atoms with Crippen LogP contribution in [0.15, 0.2) is 54.7 Å². The predicted molar refractivity (Wildman–Crippen MR) is 132 cm³/mol. The Morgan fingerprint density at radius 2 is 1.72 bits per heavy atom. The third kappa shape index (κ3) is 6.22. The molecule has 190 valence electrons. The van der Waals surface area contributed by atoms with Crippen molar-refractivity contribution in [2.45, 2.75) is 57.1 Å². The smallest absolute Gasteiger partial charge is 0.271 e. The second-order valence-electron chi connectivity index (χ2n) is 9.40. The van der Waals surface area contributed by atoms with E-state index >= 15 is 0 Å². The second kappa shape index (κ2) is 12.0. The molecule has 0 aliphatic heterocycles. The van der Waals surface area contributed by atoms with Gasteiger partial charge < -0.3 is 10.4 Å². The van der Waals surface area contributed by atoms with E-state index in [4.69, 9.17) is 0 Å². The molecule has 2 aromatic carbocycles. The minimum absolute atomic E-state index is 0.0108. The molecular weight excluding hydrogens is 463 g/mol. The Kier molecular flexibility index (Phi) is 8.56. The fourth-order valence-corrected chi connectivity index (χ4v) is 5.05. The fraction of sp³-hybridized carbons (Fsp3) is 0.407. The number of carbonyl (C=O) groups excluding carboxylic acids is 2. The normalized spacial score (nSPS) is 16.8. The Labute approximate surface area is 208 Å². The van der Waals surface area contributed by atoms with Crippen LogP contribution in [0.1, 0.15) is 54.6 Å². The minimum atomic E-state index is -1.17. The lowest BCUT2D eigenvalue weighted by Gasteiger charge is -2.32. The zero-order valence-electron chi connectivity index (χ0n) is 19.9. The second-order valence-corrected chi connectivity index (χ2v) is 9.40. The van der Waals surface area contributed by atoms with E-state index in [9.17, 15) is 24.3 Å². The van der Waals surface area contributed by atoms with Crippen LogP contribution < -0.4 is 10.8 Å². The Bertz CT molecular complexity index is 1200. The highest BCUT2D eigenvalue weighted by atomic mass is 19.1. The van der Waals surface area contributed by atoms with Crippen LogP contribution in [0, 0.1) is 17.7 Å². The van der Waals surface area contributed by atoms with Gasteiger partial charge in [0.15, 0.2) is 0 Å². The lowest BCUT2D eigenvalue weighted by Crippen LogP contribution is -2.48. The van der Waals surface area contributed by atoms with Gasteiger partial charge in [-0.15, -0.1) is 0 Å². The molecule has 0 spiro atoms. The number of nitrogens with zero attached hydrogens (tertiary/aromatic N) is 2. The summed E-state index contributed by atoms with van der Waals surface area (Å²) in [4.78, 5) is 34.3. The van der Waals surface area contributed by atoms with Gasteiger partial charge in [-0.1, -0.05) is 49.6 Å². The average Bonchev–Trinajstić information content (AvgIpc) is 2.92. The number of hydroxylamine groups is 1. The average molecular weight is 495 g/mol. The predicted octanol–water partition coefficient (Wildman–Crippen LogP) is 3.56. The van der Waals surface area contributed by atoms with Crippen molar-refractivity contribution in [2.75, 3.05) is 0 Å². The zero-order chi connectivity index (χ0) is 25.5. The number of para-hydroxylation sites is 2. The molecule has 1 saturated carbocycles. The maximum atomic E-state index is 14.5. The zero-order valence-corrected chi connectivity index (χ0v) is 19.9. The first kappa shape index (κ1) is 25.7. The van der Waals surface area contributed by atoms with Crippen LogP contribution in [0.3, 0.4) is 0 Å². The van der Waals surface area contributed by atoms with E-state index in [1.807, 2.05) is 6.07 Å². The van der Waals surface area contributed by atoms with Crippen molar-refractivity contribution in [3.05, 3.63) is 71.8 Å². The topological polar surface area (TPSA) is 124 Å². The molecule has 3 aromatic rings. The molecule has 0 saturated heterocycles. The molecular formula is C27H31FN4O4. The highest BCUT2D eigenvalue weighted by Gasteiger charge is 2.34. The molecule has 36 heavy (non-hydrogen) atoms. The number of aliphatic hydroxyl groups excluding tert-OH is 1. The SMILES string of the molecule is O=C(NC(Cc1ccccc1F)C(O)CC(C(=O)NO)C1CCCCC1)c1cnc2ccccc2n1. The first-order valence-corrected chi connectivity index (χ1v) is 12.3. The number of fused-ring (bicyclic) bond motifs is 1. The van der Waals surface area contributed by atoms with E-state index < -0.39 is 35.7 Å². The molecule has 1 heterocycles. The summed E-state index contributed by atoms with van der Waals surface area (Å²) in [7, 11) is 0. The third-order valence-corrected chi connectivity index (χ3v) is 7.02. The quantitative estimate of drug-likeness (QED) is 0.266. The van der Waals surface area contributed by atoms with E-state index in [1.165, 1.54) is 12.3 Å². The molecule has 4 rings (SSSR count). The number of hydrogen-bond donors (Lipinski definition) is 4. The number of hydrogen-bond acceptors (Lipinski definition) is 6. The number of aliphatic hydroxyl groups is 1. The molecule has 8 nitrogen and oxygen atoms in total. The van der Waals surface area contributed by atoms with E-state index in [1.54, 1.807) is 41.9 Å². The van der Waals surface area contributed by atoms with Crippen LogP contribution in [-0.2, 0) is 11.2 Å². The Morgan fingerprint density at radius 3 is 2.44 bits per heavy atom. The standard InChI is InChI=1S/C27H31FN4O4/c28-20-11-5-4-10-18(20)14-23(25(33)15-19(26(34)32-36)17-8-2-1-3-9-17)31-27(35)24-16-29-21-12-6-7-13-22(21)30-24/h4-7,10-13,16-17,19,23,25,33,36H,1-3,8-9,14-15H2,(H,31,35)(H,32,34). The van der Waals surface area contributed by atoms with Gasteiger partial charge in [0, 0.05) is 5.92 Å². The van der Waals surface area contributed by atoms with Gasteiger partial charge in [0.2, 0.25) is 5.91 Å². The molecule has 0 bridgehead atoms. The Balaban J connectivity index is 1.57. The van der Waals surface area contributed by atoms with Crippen LogP contribution in [0.4, 0.5) is 4.39 Å². The van der Waals surface area contributed by atoms with Crippen molar-refractivity contribution in [2.24, 2.45) is 11.8 Å². The molecule has 4 N–H and O–H groups in total. The van der Waals surface area contributed by atoms with Crippen LogP contribution in [0.25, 0.3) is 11.0 Å². The van der Waals surface area contributed by atoms with Gasteiger partial charge in [0.05, 0.1) is 29.4 Å². The van der Waals surface area contributed by atoms with Crippen LogP contribution >= 0.6 is 0 Å². The number of rotatable bonds is 9. The molecule has 3 unspecified atom stereocenters. The Hall–Kier alpha value is -3.43. The van der Waals surface area contributed by atoms with Crippen LogP contribution in [-0.4, -0.2) is 44.2 Å². The van der Waals surface area contributed by atoms with Crippen LogP contribution in [0.2, 0.25) is 0 Å². The van der Waals surface area contributed by atoms with E-state index in [2.05, 4.69) is 15.3 Å². The molecule has 0 radical (unpaired) electrons. The molecule has 1 aromatic heterocycles. The maximum Gasteiger partial charge on any atom is 0.271 e. The van der Waals surface area contributed by atoms with Crippen molar-refractivity contribution in [1.82, 2.24) is 20.8 Å².